The van der Waals surface area contributed by atoms with Crippen molar-refractivity contribution >= 4 is 29.3 Å². The summed E-state index contributed by atoms with van der Waals surface area (Å²) in [5.74, 6) is -1.36. The Morgan fingerprint density at radius 2 is 1.64 bits per heavy atom. The van der Waals surface area contributed by atoms with Crippen LogP contribution in [0.5, 0.6) is 0 Å². The number of carbonyl (C=O) groups is 3. The van der Waals surface area contributed by atoms with E-state index in [-0.39, 0.29) is 12.1 Å². The summed E-state index contributed by atoms with van der Waals surface area (Å²) in [5, 5.41) is 5.36. The molecule has 1 heterocycles. The summed E-state index contributed by atoms with van der Waals surface area (Å²) in [6, 6.07) is 7.29. The van der Waals surface area contributed by atoms with Gasteiger partial charge in [-0.25, -0.2) is 4.79 Å². The van der Waals surface area contributed by atoms with Gasteiger partial charge >= 0.3 is 17.9 Å². The van der Waals surface area contributed by atoms with Crippen molar-refractivity contribution in [2.45, 2.75) is 39.7 Å². The third kappa shape index (κ3) is 5.87. The van der Waals surface area contributed by atoms with Crippen molar-refractivity contribution in [2.75, 3.05) is 43.0 Å². The highest BCUT2D eigenvalue weighted by atomic mass is 16.6. The first-order chi connectivity index (χ1) is 13.5. The summed E-state index contributed by atoms with van der Waals surface area (Å²) < 4.78 is 4.97. The summed E-state index contributed by atoms with van der Waals surface area (Å²) in [4.78, 5) is 39.8. The van der Waals surface area contributed by atoms with Gasteiger partial charge in [0.15, 0.2) is 0 Å². The quantitative estimate of drug-likeness (QED) is 0.727. The van der Waals surface area contributed by atoms with Crippen LogP contribution in [0.15, 0.2) is 24.3 Å². The fourth-order valence-corrected chi connectivity index (χ4v) is 3.20. The molecule has 0 radical (unpaired) electrons. The minimum absolute atomic E-state index is 0.131. The Balaban J connectivity index is 1.80. The number of hydrogen-bond acceptors (Lipinski definition) is 5. The maximum atomic E-state index is 12.2. The molecule has 0 bridgehead atoms. The van der Waals surface area contributed by atoms with Crippen molar-refractivity contribution in [1.82, 2.24) is 10.2 Å². The molecule has 1 aromatic carbocycles. The van der Waals surface area contributed by atoms with Gasteiger partial charge in [0.2, 0.25) is 0 Å². The van der Waals surface area contributed by atoms with E-state index in [1.54, 1.807) is 24.0 Å². The van der Waals surface area contributed by atoms with Crippen molar-refractivity contribution in [2.24, 2.45) is 0 Å². The summed E-state index contributed by atoms with van der Waals surface area (Å²) >= 11 is 0. The van der Waals surface area contributed by atoms with E-state index in [9.17, 15) is 14.4 Å². The second-order valence-corrected chi connectivity index (χ2v) is 6.61. The van der Waals surface area contributed by atoms with Gasteiger partial charge in [0, 0.05) is 43.6 Å². The first-order valence-electron chi connectivity index (χ1n) is 9.87. The fourth-order valence-electron chi connectivity index (χ4n) is 3.20. The zero-order chi connectivity index (χ0) is 20.5. The van der Waals surface area contributed by atoms with Crippen LogP contribution in [0.1, 0.15) is 33.6 Å². The first kappa shape index (κ1) is 21.5. The SMILES string of the molecule is CCOC(=O)N1CCC(NC(=O)C(=O)Nc2ccc(N(CC)CC)cc2)CC1. The summed E-state index contributed by atoms with van der Waals surface area (Å²) in [6.07, 6.45) is 0.852. The van der Waals surface area contributed by atoms with Crippen LogP contribution >= 0.6 is 0 Å². The number of anilines is 2. The molecule has 28 heavy (non-hydrogen) atoms. The lowest BCUT2D eigenvalue weighted by molar-refractivity contribution is -0.136. The molecule has 0 saturated carbocycles. The molecule has 8 nitrogen and oxygen atoms in total. The maximum Gasteiger partial charge on any atom is 0.409 e. The Bertz CT molecular complexity index is 665. The number of rotatable bonds is 6. The summed E-state index contributed by atoms with van der Waals surface area (Å²) in [7, 11) is 0. The van der Waals surface area contributed by atoms with Crippen LogP contribution in [0.25, 0.3) is 0 Å². The van der Waals surface area contributed by atoms with Gasteiger partial charge in [-0.2, -0.15) is 0 Å². The minimum atomic E-state index is -0.691. The Morgan fingerprint density at radius 3 is 2.18 bits per heavy atom. The molecular weight excluding hydrogens is 360 g/mol. The van der Waals surface area contributed by atoms with Crippen LogP contribution in [0.4, 0.5) is 16.2 Å². The van der Waals surface area contributed by atoms with E-state index in [4.69, 9.17) is 4.74 Å². The van der Waals surface area contributed by atoms with Crippen LogP contribution < -0.4 is 15.5 Å². The third-order valence-electron chi connectivity index (χ3n) is 4.82. The molecule has 2 rings (SSSR count). The van der Waals surface area contributed by atoms with Crippen molar-refractivity contribution in [3.05, 3.63) is 24.3 Å². The second-order valence-electron chi connectivity index (χ2n) is 6.61. The summed E-state index contributed by atoms with van der Waals surface area (Å²) in [5.41, 5.74) is 1.65. The highest BCUT2D eigenvalue weighted by molar-refractivity contribution is 6.39. The monoisotopic (exact) mass is 390 g/mol. The van der Waals surface area contributed by atoms with E-state index in [1.165, 1.54) is 0 Å². The Kier molecular flexibility index (Phi) is 8.10. The number of likely N-dealkylation sites (tertiary alicyclic amines) is 1. The molecule has 0 unspecified atom stereocenters. The van der Waals surface area contributed by atoms with Crippen molar-refractivity contribution in [3.63, 3.8) is 0 Å². The normalized spacial score (nSPS) is 14.3. The molecule has 8 heteroatoms. The third-order valence-corrected chi connectivity index (χ3v) is 4.82. The number of carbonyl (C=O) groups excluding carboxylic acids is 3. The molecule has 0 atom stereocenters. The maximum absolute atomic E-state index is 12.2. The molecule has 2 N–H and O–H groups in total. The van der Waals surface area contributed by atoms with E-state index >= 15 is 0 Å². The second kappa shape index (κ2) is 10.5. The molecule has 1 aromatic rings. The van der Waals surface area contributed by atoms with E-state index in [2.05, 4.69) is 29.4 Å². The smallest absolute Gasteiger partial charge is 0.409 e. The topological polar surface area (TPSA) is 91.0 Å². The average Bonchev–Trinajstić information content (AvgIpc) is 2.70. The molecule has 1 fully saturated rings. The van der Waals surface area contributed by atoms with Crippen LogP contribution in [-0.4, -0.2) is 61.6 Å². The highest BCUT2D eigenvalue weighted by Crippen LogP contribution is 2.18. The molecule has 154 valence electrons. The molecule has 0 aliphatic carbocycles. The average molecular weight is 390 g/mol. The minimum Gasteiger partial charge on any atom is -0.450 e. The molecule has 0 spiro atoms. The van der Waals surface area contributed by atoms with Gasteiger partial charge in [0.25, 0.3) is 0 Å². The number of nitrogens with zero attached hydrogens (tertiary/aromatic N) is 2. The first-order valence-corrected chi connectivity index (χ1v) is 9.87. The zero-order valence-electron chi connectivity index (χ0n) is 16.9. The van der Waals surface area contributed by atoms with Crippen LogP contribution in [0, 0.1) is 0 Å². The van der Waals surface area contributed by atoms with Gasteiger partial charge in [0.05, 0.1) is 6.61 Å². The molecular formula is C20H30N4O4. The Morgan fingerprint density at radius 1 is 1.04 bits per heavy atom. The molecule has 1 saturated heterocycles. The number of hydrogen-bond donors (Lipinski definition) is 2. The van der Waals surface area contributed by atoms with Crippen molar-refractivity contribution in [3.8, 4) is 0 Å². The van der Waals surface area contributed by atoms with E-state index in [0.29, 0.717) is 38.2 Å². The lowest BCUT2D eigenvalue weighted by Crippen LogP contribution is -2.49. The molecule has 1 aliphatic heterocycles. The predicted molar refractivity (Wildman–Crippen MR) is 108 cm³/mol. The van der Waals surface area contributed by atoms with Gasteiger partial charge in [-0.05, 0) is 57.9 Å². The van der Waals surface area contributed by atoms with E-state index < -0.39 is 11.8 Å². The lowest BCUT2D eigenvalue weighted by Gasteiger charge is -2.31. The summed E-state index contributed by atoms with van der Waals surface area (Å²) in [6.45, 7) is 9.07. The molecule has 0 aromatic heterocycles. The largest absolute Gasteiger partial charge is 0.450 e. The standard InChI is InChI=1S/C20H30N4O4/c1-4-23(5-2)17-9-7-15(8-10-17)21-18(25)19(26)22-16-11-13-24(14-12-16)20(27)28-6-3/h7-10,16H,4-6,11-14H2,1-3H3,(H,21,25)(H,22,26). The molecule has 1 aliphatic rings. The highest BCUT2D eigenvalue weighted by Gasteiger charge is 2.26. The van der Waals surface area contributed by atoms with Gasteiger partial charge in [0.1, 0.15) is 0 Å². The lowest BCUT2D eigenvalue weighted by atomic mass is 10.1. The van der Waals surface area contributed by atoms with Gasteiger partial charge < -0.3 is 25.2 Å². The zero-order valence-corrected chi connectivity index (χ0v) is 16.9. The Hall–Kier alpha value is -2.77. The van der Waals surface area contributed by atoms with E-state index in [1.807, 2.05) is 12.1 Å². The Labute approximate surface area is 166 Å². The number of nitrogens with one attached hydrogen (secondary N) is 2. The predicted octanol–water partition coefficient (Wildman–Crippen LogP) is 2.21. The fraction of sp³-hybridized carbons (Fsp3) is 0.550. The number of amides is 3. The number of ether oxygens (including phenoxy) is 1. The van der Waals surface area contributed by atoms with Gasteiger partial charge in [-0.1, -0.05) is 0 Å². The van der Waals surface area contributed by atoms with Crippen molar-refractivity contribution < 1.29 is 19.1 Å². The van der Waals surface area contributed by atoms with Crippen LogP contribution in [0.3, 0.4) is 0 Å². The van der Waals surface area contributed by atoms with E-state index in [0.717, 1.165) is 18.8 Å². The van der Waals surface area contributed by atoms with Crippen molar-refractivity contribution in [1.29, 1.82) is 0 Å². The van der Waals surface area contributed by atoms with Gasteiger partial charge in [-0.15, -0.1) is 0 Å². The van der Waals surface area contributed by atoms with Crippen LogP contribution in [0.2, 0.25) is 0 Å². The number of piperidine rings is 1. The van der Waals surface area contributed by atoms with Crippen LogP contribution in [-0.2, 0) is 14.3 Å². The molecule has 3 amide bonds. The number of benzene rings is 1. The van der Waals surface area contributed by atoms with Gasteiger partial charge in [-0.3, -0.25) is 9.59 Å².